The lowest BCUT2D eigenvalue weighted by Gasteiger charge is -2.14. The van der Waals surface area contributed by atoms with E-state index in [0.717, 1.165) is 51.9 Å². The minimum atomic E-state index is -0.831. The molecule has 0 bridgehead atoms. The molecule has 6 heteroatoms. The molecule has 0 saturated carbocycles. The fourth-order valence-corrected chi connectivity index (χ4v) is 3.44. The first-order valence-electron chi connectivity index (χ1n) is 8.56. The van der Waals surface area contributed by atoms with Gasteiger partial charge in [-0.25, -0.2) is 9.97 Å². The number of aliphatic carboxylic acids is 1. The first-order valence-corrected chi connectivity index (χ1v) is 9.44. The Morgan fingerprint density at radius 1 is 1.19 bits per heavy atom. The van der Waals surface area contributed by atoms with Crippen molar-refractivity contribution in [2.45, 2.75) is 33.1 Å². The number of carboxylic acids is 1. The molecule has 5 nitrogen and oxygen atoms in total. The molecule has 0 amide bonds. The lowest BCUT2D eigenvalue weighted by molar-refractivity contribution is -0.136. The van der Waals surface area contributed by atoms with Crippen LogP contribution in [0.1, 0.15) is 30.2 Å². The van der Waals surface area contributed by atoms with E-state index in [2.05, 4.69) is 17.2 Å². The molecule has 0 fully saturated rings. The summed E-state index contributed by atoms with van der Waals surface area (Å²) in [7, 11) is 0. The van der Waals surface area contributed by atoms with Crippen molar-refractivity contribution >= 4 is 28.8 Å². The second kappa shape index (κ2) is 8.10. The van der Waals surface area contributed by atoms with Crippen LogP contribution in [0, 0.1) is 6.92 Å². The summed E-state index contributed by atoms with van der Waals surface area (Å²) in [4.78, 5) is 21.3. The van der Waals surface area contributed by atoms with E-state index in [0.29, 0.717) is 0 Å². The number of carboxylic acid groups (broad SMARTS) is 1. The number of aryl methyl sites for hydroxylation is 1. The van der Waals surface area contributed by atoms with E-state index < -0.39 is 5.97 Å². The Hall–Kier alpha value is -2.73. The van der Waals surface area contributed by atoms with Crippen molar-refractivity contribution in [1.82, 2.24) is 9.97 Å². The molecular formula is C20H21N3O2S. The molecule has 26 heavy (non-hydrogen) atoms. The predicted molar refractivity (Wildman–Crippen MR) is 105 cm³/mol. The number of aromatic nitrogens is 2. The van der Waals surface area contributed by atoms with Crippen molar-refractivity contribution in [3.63, 3.8) is 0 Å². The predicted octanol–water partition coefficient (Wildman–Crippen LogP) is 4.84. The third-order valence-corrected chi connectivity index (χ3v) is 4.89. The van der Waals surface area contributed by atoms with E-state index in [1.54, 1.807) is 11.3 Å². The number of anilines is 2. The Bertz CT molecular complexity index is 890. The van der Waals surface area contributed by atoms with Crippen molar-refractivity contribution in [3.05, 3.63) is 58.6 Å². The zero-order valence-corrected chi connectivity index (χ0v) is 15.6. The molecule has 2 heterocycles. The maximum absolute atomic E-state index is 10.8. The topological polar surface area (TPSA) is 75.1 Å². The van der Waals surface area contributed by atoms with Crippen LogP contribution in [0.15, 0.2) is 41.8 Å². The Balaban J connectivity index is 1.93. The minimum absolute atomic E-state index is 0.0243. The van der Waals surface area contributed by atoms with Crippen molar-refractivity contribution < 1.29 is 9.90 Å². The largest absolute Gasteiger partial charge is 0.481 e. The highest BCUT2D eigenvalue weighted by Gasteiger charge is 2.13. The highest BCUT2D eigenvalue weighted by molar-refractivity contribution is 7.13. The molecule has 1 aromatic carbocycles. The van der Waals surface area contributed by atoms with Gasteiger partial charge in [0.2, 0.25) is 0 Å². The summed E-state index contributed by atoms with van der Waals surface area (Å²) < 4.78 is 0. The number of nitrogens with one attached hydrogen (secondary N) is 1. The van der Waals surface area contributed by atoms with Gasteiger partial charge >= 0.3 is 5.97 Å². The standard InChI is InChI=1S/C20H21N3O2S/c1-3-5-16-13(2)21-20(17-6-4-11-26-17)23-19(16)22-15-9-7-14(8-10-15)12-18(24)25/h4,6-11H,3,5,12H2,1-2H3,(H,24,25)(H,21,22,23). The number of nitrogens with zero attached hydrogens (tertiary/aromatic N) is 2. The zero-order chi connectivity index (χ0) is 18.5. The van der Waals surface area contributed by atoms with Crippen molar-refractivity contribution in [3.8, 4) is 10.7 Å². The van der Waals surface area contributed by atoms with Crippen LogP contribution in [0.2, 0.25) is 0 Å². The second-order valence-electron chi connectivity index (χ2n) is 6.08. The van der Waals surface area contributed by atoms with Crippen LogP contribution < -0.4 is 5.32 Å². The Morgan fingerprint density at radius 3 is 2.58 bits per heavy atom. The Labute approximate surface area is 156 Å². The van der Waals surface area contributed by atoms with Crippen LogP contribution in [0.4, 0.5) is 11.5 Å². The molecule has 134 valence electrons. The van der Waals surface area contributed by atoms with E-state index in [-0.39, 0.29) is 6.42 Å². The zero-order valence-electron chi connectivity index (χ0n) is 14.8. The minimum Gasteiger partial charge on any atom is -0.481 e. The molecule has 2 N–H and O–H groups in total. The fraction of sp³-hybridized carbons (Fsp3) is 0.250. The lowest BCUT2D eigenvalue weighted by atomic mass is 10.1. The van der Waals surface area contributed by atoms with E-state index in [9.17, 15) is 4.79 Å². The van der Waals surface area contributed by atoms with Gasteiger partial charge in [-0.05, 0) is 42.5 Å². The average molecular weight is 367 g/mol. The van der Waals surface area contributed by atoms with E-state index in [4.69, 9.17) is 10.1 Å². The molecular weight excluding hydrogens is 346 g/mol. The van der Waals surface area contributed by atoms with Gasteiger partial charge < -0.3 is 10.4 Å². The van der Waals surface area contributed by atoms with Crippen molar-refractivity contribution in [2.75, 3.05) is 5.32 Å². The van der Waals surface area contributed by atoms with E-state index in [1.165, 1.54) is 0 Å². The van der Waals surface area contributed by atoms with Crippen LogP contribution in [-0.4, -0.2) is 21.0 Å². The third kappa shape index (κ3) is 4.26. The first-order chi connectivity index (χ1) is 12.6. The lowest BCUT2D eigenvalue weighted by Crippen LogP contribution is -2.06. The maximum Gasteiger partial charge on any atom is 0.307 e. The summed E-state index contributed by atoms with van der Waals surface area (Å²) in [6.45, 7) is 4.15. The van der Waals surface area contributed by atoms with Gasteiger partial charge in [-0.1, -0.05) is 31.5 Å². The molecule has 0 aliphatic heterocycles. The SMILES string of the molecule is CCCc1c(C)nc(-c2cccs2)nc1Nc1ccc(CC(=O)O)cc1. The normalized spacial score (nSPS) is 10.7. The maximum atomic E-state index is 10.8. The van der Waals surface area contributed by atoms with Gasteiger partial charge in [-0.2, -0.15) is 0 Å². The summed E-state index contributed by atoms with van der Waals surface area (Å²) in [5, 5.41) is 14.3. The molecule has 0 saturated heterocycles. The van der Waals surface area contributed by atoms with Gasteiger partial charge in [0, 0.05) is 16.9 Å². The number of rotatable bonds is 7. The van der Waals surface area contributed by atoms with Crippen LogP contribution in [0.25, 0.3) is 10.7 Å². The van der Waals surface area contributed by atoms with Gasteiger partial charge in [0.1, 0.15) is 5.82 Å². The van der Waals surface area contributed by atoms with E-state index >= 15 is 0 Å². The summed E-state index contributed by atoms with van der Waals surface area (Å²) in [5.41, 5.74) is 3.75. The second-order valence-corrected chi connectivity index (χ2v) is 7.03. The number of carbonyl (C=O) groups is 1. The molecule has 3 rings (SSSR count). The van der Waals surface area contributed by atoms with Gasteiger partial charge in [-0.15, -0.1) is 11.3 Å². The molecule has 0 unspecified atom stereocenters. The molecule has 3 aromatic rings. The monoisotopic (exact) mass is 367 g/mol. The summed E-state index contributed by atoms with van der Waals surface area (Å²) in [6, 6.07) is 11.4. The highest BCUT2D eigenvalue weighted by Crippen LogP contribution is 2.28. The Kier molecular flexibility index (Phi) is 5.63. The van der Waals surface area contributed by atoms with Crippen LogP contribution in [-0.2, 0) is 17.6 Å². The Morgan fingerprint density at radius 2 is 1.96 bits per heavy atom. The first kappa shape index (κ1) is 18.1. The quantitative estimate of drug-likeness (QED) is 0.625. The van der Waals surface area contributed by atoms with Crippen molar-refractivity contribution in [2.24, 2.45) is 0 Å². The van der Waals surface area contributed by atoms with Gasteiger partial charge in [0.05, 0.1) is 11.3 Å². The number of benzene rings is 1. The summed E-state index contributed by atoms with van der Waals surface area (Å²) >= 11 is 1.62. The fourth-order valence-electron chi connectivity index (χ4n) is 2.78. The van der Waals surface area contributed by atoms with Gasteiger partial charge in [0.25, 0.3) is 0 Å². The molecule has 0 aliphatic rings. The van der Waals surface area contributed by atoms with Gasteiger partial charge in [0.15, 0.2) is 5.82 Å². The van der Waals surface area contributed by atoms with Gasteiger partial charge in [-0.3, -0.25) is 4.79 Å². The van der Waals surface area contributed by atoms with Crippen molar-refractivity contribution in [1.29, 1.82) is 0 Å². The van der Waals surface area contributed by atoms with Crippen LogP contribution in [0.5, 0.6) is 0 Å². The number of hydrogen-bond acceptors (Lipinski definition) is 5. The number of hydrogen-bond donors (Lipinski definition) is 2. The smallest absolute Gasteiger partial charge is 0.307 e. The molecule has 0 spiro atoms. The third-order valence-electron chi connectivity index (χ3n) is 4.03. The molecule has 0 atom stereocenters. The molecule has 2 aromatic heterocycles. The van der Waals surface area contributed by atoms with Crippen LogP contribution >= 0.6 is 11.3 Å². The van der Waals surface area contributed by atoms with E-state index in [1.807, 2.05) is 48.7 Å². The van der Waals surface area contributed by atoms with Crippen LogP contribution in [0.3, 0.4) is 0 Å². The highest BCUT2D eigenvalue weighted by atomic mass is 32.1. The summed E-state index contributed by atoms with van der Waals surface area (Å²) in [5.74, 6) is 0.707. The molecule has 0 radical (unpaired) electrons. The average Bonchev–Trinajstić information content (AvgIpc) is 3.13. The summed E-state index contributed by atoms with van der Waals surface area (Å²) in [6.07, 6.45) is 1.93. The molecule has 0 aliphatic carbocycles. The number of thiophene rings is 1.